The maximum absolute atomic E-state index is 4.70. The van der Waals surface area contributed by atoms with Crippen molar-refractivity contribution in [1.29, 1.82) is 0 Å². The van der Waals surface area contributed by atoms with Crippen molar-refractivity contribution in [3.8, 4) is 0 Å². The van der Waals surface area contributed by atoms with E-state index in [9.17, 15) is 0 Å². The zero-order valence-corrected chi connectivity index (χ0v) is 12.2. The summed E-state index contributed by atoms with van der Waals surface area (Å²) in [6, 6.07) is 5.73. The molecule has 1 atom stereocenters. The number of rotatable bonds is 3. The summed E-state index contributed by atoms with van der Waals surface area (Å²) in [5.41, 5.74) is 1.40. The van der Waals surface area contributed by atoms with E-state index in [-0.39, 0.29) is 0 Å². The molecule has 104 valence electrons. The van der Waals surface area contributed by atoms with Crippen molar-refractivity contribution in [2.45, 2.75) is 51.6 Å². The van der Waals surface area contributed by atoms with Crippen LogP contribution in [-0.2, 0) is 0 Å². The number of likely N-dealkylation sites (tertiary alicyclic amines) is 1. The van der Waals surface area contributed by atoms with E-state index < -0.39 is 0 Å². The lowest BCUT2D eigenvalue weighted by Crippen LogP contribution is -2.30. The summed E-state index contributed by atoms with van der Waals surface area (Å²) in [5, 5.41) is 0. The first-order valence-corrected chi connectivity index (χ1v) is 7.72. The van der Waals surface area contributed by atoms with Crippen LogP contribution in [0.1, 0.15) is 51.1 Å². The van der Waals surface area contributed by atoms with Gasteiger partial charge in [0.1, 0.15) is 5.82 Å². The lowest BCUT2D eigenvalue weighted by Gasteiger charge is -2.28. The second-order valence-electron chi connectivity index (χ2n) is 6.13. The third kappa shape index (κ3) is 2.62. The lowest BCUT2D eigenvalue weighted by atomic mass is 10.1. The molecule has 0 amide bonds. The van der Waals surface area contributed by atoms with Crippen LogP contribution in [0.5, 0.6) is 0 Å². The number of aromatic nitrogens is 1. The molecule has 0 bridgehead atoms. The van der Waals surface area contributed by atoms with Gasteiger partial charge in [-0.05, 0) is 57.7 Å². The second kappa shape index (κ2) is 5.49. The van der Waals surface area contributed by atoms with Crippen LogP contribution in [0.4, 0.5) is 5.82 Å². The maximum atomic E-state index is 4.70. The molecule has 0 spiro atoms. The highest BCUT2D eigenvalue weighted by Crippen LogP contribution is 2.33. The Balaban J connectivity index is 1.74. The molecule has 3 rings (SSSR count). The normalized spacial score (nSPS) is 24.6. The Labute approximate surface area is 116 Å². The van der Waals surface area contributed by atoms with Crippen molar-refractivity contribution in [3.05, 3.63) is 23.9 Å². The highest BCUT2D eigenvalue weighted by atomic mass is 15.2. The minimum atomic E-state index is 0.583. The van der Waals surface area contributed by atoms with Gasteiger partial charge in [-0.3, -0.25) is 4.90 Å². The molecule has 19 heavy (non-hydrogen) atoms. The molecule has 0 aromatic carbocycles. The van der Waals surface area contributed by atoms with E-state index in [1.54, 1.807) is 0 Å². The van der Waals surface area contributed by atoms with Crippen LogP contribution in [0.2, 0.25) is 0 Å². The molecule has 1 aromatic heterocycles. The molecule has 0 saturated carbocycles. The SMILES string of the molecule is CC(C)N1CCC[C@@H]1c1ccc(N2CCCC2)nc1. The first-order chi connectivity index (χ1) is 9.25. The van der Waals surface area contributed by atoms with Gasteiger partial charge in [0.15, 0.2) is 0 Å². The van der Waals surface area contributed by atoms with Crippen molar-refractivity contribution >= 4 is 5.82 Å². The number of anilines is 1. The molecule has 1 aromatic rings. The Kier molecular flexibility index (Phi) is 3.74. The Bertz CT molecular complexity index is 407. The molecule has 2 saturated heterocycles. The molecule has 2 aliphatic heterocycles. The van der Waals surface area contributed by atoms with Crippen molar-refractivity contribution in [2.75, 3.05) is 24.5 Å². The van der Waals surface area contributed by atoms with Crippen molar-refractivity contribution in [3.63, 3.8) is 0 Å². The van der Waals surface area contributed by atoms with E-state index in [1.165, 1.54) is 50.9 Å². The number of hydrogen-bond acceptors (Lipinski definition) is 3. The topological polar surface area (TPSA) is 19.4 Å². The summed E-state index contributed by atoms with van der Waals surface area (Å²) < 4.78 is 0. The summed E-state index contributed by atoms with van der Waals surface area (Å²) in [5.74, 6) is 1.16. The van der Waals surface area contributed by atoms with Gasteiger partial charge in [0.05, 0.1) is 0 Å². The first kappa shape index (κ1) is 12.9. The standard InChI is InChI=1S/C16H25N3/c1-13(2)19-11-5-6-15(19)14-7-8-16(17-12-14)18-9-3-4-10-18/h7-8,12-13,15H,3-6,9-11H2,1-2H3/t15-/m1/s1. The predicted molar refractivity (Wildman–Crippen MR) is 79.5 cm³/mol. The van der Waals surface area contributed by atoms with Crippen LogP contribution < -0.4 is 4.90 Å². The number of pyridine rings is 1. The summed E-state index contributed by atoms with van der Waals surface area (Å²) in [6.07, 6.45) is 7.33. The fourth-order valence-electron chi connectivity index (χ4n) is 3.49. The predicted octanol–water partition coefficient (Wildman–Crippen LogP) is 3.23. The zero-order valence-electron chi connectivity index (χ0n) is 12.2. The van der Waals surface area contributed by atoms with Crippen molar-refractivity contribution in [2.24, 2.45) is 0 Å². The Morgan fingerprint density at radius 1 is 1.11 bits per heavy atom. The average Bonchev–Trinajstić information content (AvgIpc) is 3.10. The van der Waals surface area contributed by atoms with E-state index in [4.69, 9.17) is 4.98 Å². The summed E-state index contributed by atoms with van der Waals surface area (Å²) >= 11 is 0. The zero-order chi connectivity index (χ0) is 13.2. The minimum Gasteiger partial charge on any atom is -0.357 e. The molecule has 0 N–H and O–H groups in total. The lowest BCUT2D eigenvalue weighted by molar-refractivity contribution is 0.205. The fourth-order valence-corrected chi connectivity index (χ4v) is 3.49. The second-order valence-corrected chi connectivity index (χ2v) is 6.13. The van der Waals surface area contributed by atoms with Gasteiger partial charge < -0.3 is 4.90 Å². The van der Waals surface area contributed by atoms with Crippen LogP contribution >= 0.6 is 0 Å². The monoisotopic (exact) mass is 259 g/mol. The molecular weight excluding hydrogens is 234 g/mol. The Morgan fingerprint density at radius 3 is 2.53 bits per heavy atom. The first-order valence-electron chi connectivity index (χ1n) is 7.72. The average molecular weight is 259 g/mol. The molecular formula is C16H25N3. The van der Waals surface area contributed by atoms with Gasteiger partial charge in [0, 0.05) is 31.4 Å². The molecule has 3 heterocycles. The van der Waals surface area contributed by atoms with Gasteiger partial charge in [-0.2, -0.15) is 0 Å². The van der Waals surface area contributed by atoms with Crippen molar-refractivity contribution < 1.29 is 0 Å². The molecule has 0 radical (unpaired) electrons. The van der Waals surface area contributed by atoms with Gasteiger partial charge in [-0.1, -0.05) is 6.07 Å². The summed E-state index contributed by atoms with van der Waals surface area (Å²) in [6.45, 7) is 8.17. The third-order valence-corrected chi connectivity index (χ3v) is 4.54. The Morgan fingerprint density at radius 2 is 1.89 bits per heavy atom. The smallest absolute Gasteiger partial charge is 0.128 e. The molecule has 2 fully saturated rings. The van der Waals surface area contributed by atoms with E-state index in [0.29, 0.717) is 12.1 Å². The highest BCUT2D eigenvalue weighted by molar-refractivity contribution is 5.40. The van der Waals surface area contributed by atoms with Gasteiger partial charge in [-0.15, -0.1) is 0 Å². The largest absolute Gasteiger partial charge is 0.357 e. The van der Waals surface area contributed by atoms with Crippen LogP contribution in [0, 0.1) is 0 Å². The Hall–Kier alpha value is -1.09. The van der Waals surface area contributed by atoms with Gasteiger partial charge >= 0.3 is 0 Å². The highest BCUT2D eigenvalue weighted by Gasteiger charge is 2.28. The van der Waals surface area contributed by atoms with Crippen molar-refractivity contribution in [1.82, 2.24) is 9.88 Å². The van der Waals surface area contributed by atoms with Crippen LogP contribution in [0.15, 0.2) is 18.3 Å². The number of nitrogens with zero attached hydrogens (tertiary/aromatic N) is 3. The number of hydrogen-bond donors (Lipinski definition) is 0. The van der Waals surface area contributed by atoms with E-state index in [1.807, 2.05) is 0 Å². The molecule has 0 unspecified atom stereocenters. The van der Waals surface area contributed by atoms with Gasteiger partial charge in [0.2, 0.25) is 0 Å². The third-order valence-electron chi connectivity index (χ3n) is 4.54. The minimum absolute atomic E-state index is 0.583. The summed E-state index contributed by atoms with van der Waals surface area (Å²) in [7, 11) is 0. The fraction of sp³-hybridized carbons (Fsp3) is 0.688. The molecule has 3 heteroatoms. The van der Waals surface area contributed by atoms with E-state index in [0.717, 1.165) is 5.82 Å². The maximum Gasteiger partial charge on any atom is 0.128 e. The molecule has 2 aliphatic rings. The van der Waals surface area contributed by atoms with Gasteiger partial charge in [0.25, 0.3) is 0 Å². The quantitative estimate of drug-likeness (QED) is 0.831. The molecule has 3 nitrogen and oxygen atoms in total. The summed E-state index contributed by atoms with van der Waals surface area (Å²) in [4.78, 5) is 9.70. The van der Waals surface area contributed by atoms with E-state index in [2.05, 4.69) is 42.0 Å². The van der Waals surface area contributed by atoms with E-state index >= 15 is 0 Å². The van der Waals surface area contributed by atoms with Crippen LogP contribution in [-0.4, -0.2) is 35.6 Å². The molecule has 0 aliphatic carbocycles. The van der Waals surface area contributed by atoms with Crippen LogP contribution in [0.3, 0.4) is 0 Å². The van der Waals surface area contributed by atoms with Crippen LogP contribution in [0.25, 0.3) is 0 Å². The van der Waals surface area contributed by atoms with Gasteiger partial charge in [-0.25, -0.2) is 4.98 Å².